The van der Waals surface area contributed by atoms with E-state index in [9.17, 15) is 5.11 Å². The number of phenolic OH excluding ortho intramolecular Hbond substituents is 1. The summed E-state index contributed by atoms with van der Waals surface area (Å²) in [5.74, 6) is 1.71. The van der Waals surface area contributed by atoms with Gasteiger partial charge in [0.1, 0.15) is 11.6 Å². The van der Waals surface area contributed by atoms with Gasteiger partial charge in [-0.05, 0) is 74.4 Å². The van der Waals surface area contributed by atoms with Gasteiger partial charge < -0.3 is 15.2 Å². The summed E-state index contributed by atoms with van der Waals surface area (Å²) in [5, 5.41) is 23.2. The smallest absolute Gasteiger partial charge is 0.149 e. The number of benzene rings is 1. The molecule has 1 saturated carbocycles. The molecular weight excluding hydrogens is 376 g/mol. The molecule has 2 aliphatic heterocycles. The first-order chi connectivity index (χ1) is 14.7. The number of anilines is 1. The summed E-state index contributed by atoms with van der Waals surface area (Å²) in [7, 11) is 0. The Labute approximate surface area is 178 Å². The number of aryl methyl sites for hydroxylation is 1. The van der Waals surface area contributed by atoms with Crippen molar-refractivity contribution < 1.29 is 9.84 Å². The maximum absolute atomic E-state index is 10.7. The van der Waals surface area contributed by atoms with Crippen LogP contribution >= 0.6 is 0 Å². The van der Waals surface area contributed by atoms with Gasteiger partial charge in [0.15, 0.2) is 0 Å². The summed E-state index contributed by atoms with van der Waals surface area (Å²) in [4.78, 5) is 2.53. The minimum absolute atomic E-state index is 0.308. The Morgan fingerprint density at radius 3 is 2.60 bits per heavy atom. The standard InChI is InChI=1S/C24H32N4O2/c1-16-11-23(25-19-7-4-10-28(13-19)20-14-30-15-20)26-27-24(16)21-9-8-18(12-22(21)29)17-5-2-3-6-17/h8-9,11-12,17,19-20,29H,2-7,10,13-15H2,1H3,(H,25,26). The van der Waals surface area contributed by atoms with Crippen molar-refractivity contribution in [3.05, 3.63) is 35.4 Å². The molecule has 0 bridgehead atoms. The van der Waals surface area contributed by atoms with E-state index < -0.39 is 0 Å². The SMILES string of the molecule is Cc1cc(NC2CCCN(C3COC3)C2)nnc1-c1ccc(C2CCCC2)cc1O. The number of phenols is 1. The summed E-state index contributed by atoms with van der Waals surface area (Å²) in [6.07, 6.45) is 7.38. The molecule has 1 aliphatic carbocycles. The Morgan fingerprint density at radius 1 is 1.07 bits per heavy atom. The number of aromatic nitrogens is 2. The number of hydrogen-bond acceptors (Lipinski definition) is 6. The zero-order valence-electron chi connectivity index (χ0n) is 17.8. The molecule has 6 heteroatoms. The lowest BCUT2D eigenvalue weighted by Gasteiger charge is -2.42. The van der Waals surface area contributed by atoms with Crippen LogP contribution in [-0.4, -0.2) is 58.6 Å². The number of likely N-dealkylation sites (tertiary alicyclic amines) is 1. The Balaban J connectivity index is 1.28. The van der Waals surface area contributed by atoms with Crippen molar-refractivity contribution in [2.24, 2.45) is 0 Å². The van der Waals surface area contributed by atoms with Gasteiger partial charge in [-0.15, -0.1) is 10.2 Å². The van der Waals surface area contributed by atoms with Crippen LogP contribution in [0.5, 0.6) is 5.75 Å². The van der Waals surface area contributed by atoms with Crippen LogP contribution in [0.2, 0.25) is 0 Å². The second kappa shape index (κ2) is 8.52. The molecule has 160 valence electrons. The van der Waals surface area contributed by atoms with Gasteiger partial charge in [-0.2, -0.15) is 0 Å². The van der Waals surface area contributed by atoms with E-state index in [0.717, 1.165) is 55.4 Å². The molecule has 0 amide bonds. The molecule has 5 rings (SSSR count). The molecule has 0 radical (unpaired) electrons. The highest BCUT2D eigenvalue weighted by Crippen LogP contribution is 2.38. The first-order valence-corrected chi connectivity index (χ1v) is 11.4. The second-order valence-electron chi connectivity index (χ2n) is 9.19. The highest BCUT2D eigenvalue weighted by atomic mass is 16.5. The number of piperidine rings is 1. The maximum atomic E-state index is 10.7. The number of hydrogen-bond donors (Lipinski definition) is 2. The number of nitrogens with zero attached hydrogens (tertiary/aromatic N) is 3. The zero-order chi connectivity index (χ0) is 20.5. The fraction of sp³-hybridized carbons (Fsp3) is 0.583. The van der Waals surface area contributed by atoms with E-state index in [-0.39, 0.29) is 0 Å². The van der Waals surface area contributed by atoms with Crippen LogP contribution < -0.4 is 5.32 Å². The Morgan fingerprint density at radius 2 is 1.90 bits per heavy atom. The van der Waals surface area contributed by atoms with E-state index in [1.54, 1.807) is 0 Å². The summed E-state index contributed by atoms with van der Waals surface area (Å²) in [6.45, 7) is 5.96. The monoisotopic (exact) mass is 408 g/mol. The number of aromatic hydroxyl groups is 1. The van der Waals surface area contributed by atoms with Crippen LogP contribution in [0.3, 0.4) is 0 Å². The summed E-state index contributed by atoms with van der Waals surface area (Å²) >= 11 is 0. The maximum Gasteiger partial charge on any atom is 0.149 e. The van der Waals surface area contributed by atoms with Crippen LogP contribution in [0, 0.1) is 6.92 Å². The van der Waals surface area contributed by atoms with Gasteiger partial charge in [-0.3, -0.25) is 4.90 Å². The van der Waals surface area contributed by atoms with Crippen LogP contribution in [0.1, 0.15) is 55.6 Å². The predicted molar refractivity (Wildman–Crippen MR) is 118 cm³/mol. The molecule has 1 unspecified atom stereocenters. The van der Waals surface area contributed by atoms with Crippen molar-refractivity contribution in [1.29, 1.82) is 0 Å². The molecule has 1 aromatic carbocycles. The highest BCUT2D eigenvalue weighted by molar-refractivity contribution is 5.70. The zero-order valence-corrected chi connectivity index (χ0v) is 17.8. The van der Waals surface area contributed by atoms with Crippen molar-refractivity contribution in [2.45, 2.75) is 63.5 Å². The number of ether oxygens (including phenoxy) is 1. The lowest BCUT2D eigenvalue weighted by atomic mass is 9.95. The van der Waals surface area contributed by atoms with Gasteiger partial charge in [-0.1, -0.05) is 18.9 Å². The molecule has 30 heavy (non-hydrogen) atoms. The molecule has 0 spiro atoms. The van der Waals surface area contributed by atoms with Gasteiger partial charge in [-0.25, -0.2) is 0 Å². The van der Waals surface area contributed by atoms with Gasteiger partial charge in [0.05, 0.1) is 24.9 Å². The van der Waals surface area contributed by atoms with E-state index >= 15 is 0 Å². The summed E-state index contributed by atoms with van der Waals surface area (Å²) < 4.78 is 5.35. The quantitative estimate of drug-likeness (QED) is 0.777. The molecule has 2 aromatic rings. The minimum Gasteiger partial charge on any atom is -0.507 e. The first-order valence-electron chi connectivity index (χ1n) is 11.4. The second-order valence-corrected chi connectivity index (χ2v) is 9.19. The van der Waals surface area contributed by atoms with E-state index in [2.05, 4.69) is 32.5 Å². The molecule has 1 atom stereocenters. The average molecular weight is 409 g/mol. The van der Waals surface area contributed by atoms with Crippen LogP contribution in [0.15, 0.2) is 24.3 Å². The Hall–Kier alpha value is -2.18. The highest BCUT2D eigenvalue weighted by Gasteiger charge is 2.30. The van der Waals surface area contributed by atoms with Gasteiger partial charge in [0.25, 0.3) is 0 Å². The van der Waals surface area contributed by atoms with E-state index in [0.29, 0.717) is 23.8 Å². The molecular formula is C24H32N4O2. The van der Waals surface area contributed by atoms with Crippen molar-refractivity contribution in [3.63, 3.8) is 0 Å². The van der Waals surface area contributed by atoms with Gasteiger partial charge >= 0.3 is 0 Å². The first kappa shape index (κ1) is 19.8. The van der Waals surface area contributed by atoms with Crippen LogP contribution in [0.4, 0.5) is 5.82 Å². The van der Waals surface area contributed by atoms with E-state index in [1.165, 1.54) is 37.7 Å². The normalized spacial score (nSPS) is 23.4. The van der Waals surface area contributed by atoms with Crippen molar-refractivity contribution in [2.75, 3.05) is 31.6 Å². The average Bonchev–Trinajstić information content (AvgIpc) is 3.22. The number of rotatable bonds is 5. The van der Waals surface area contributed by atoms with E-state index in [4.69, 9.17) is 4.74 Å². The Bertz CT molecular complexity index is 893. The Kier molecular flexibility index (Phi) is 5.61. The molecule has 2 saturated heterocycles. The molecule has 2 N–H and O–H groups in total. The fourth-order valence-corrected chi connectivity index (χ4v) is 5.18. The third-order valence-corrected chi connectivity index (χ3v) is 7.03. The third-order valence-electron chi connectivity index (χ3n) is 7.03. The minimum atomic E-state index is 0.308. The van der Waals surface area contributed by atoms with E-state index in [1.807, 2.05) is 19.1 Å². The predicted octanol–water partition coefficient (Wildman–Crippen LogP) is 4.09. The number of nitrogens with one attached hydrogen (secondary N) is 1. The molecule has 3 aliphatic rings. The fourth-order valence-electron chi connectivity index (χ4n) is 5.18. The topological polar surface area (TPSA) is 70.5 Å². The lowest BCUT2D eigenvalue weighted by Crippen LogP contribution is -2.54. The van der Waals surface area contributed by atoms with Crippen molar-refractivity contribution in [1.82, 2.24) is 15.1 Å². The summed E-state index contributed by atoms with van der Waals surface area (Å²) in [5.41, 5.74) is 3.79. The molecule has 3 fully saturated rings. The lowest BCUT2D eigenvalue weighted by molar-refractivity contribution is -0.0710. The molecule has 3 heterocycles. The van der Waals surface area contributed by atoms with Gasteiger partial charge in [0, 0.05) is 18.2 Å². The largest absolute Gasteiger partial charge is 0.507 e. The molecule has 1 aromatic heterocycles. The third kappa shape index (κ3) is 4.03. The van der Waals surface area contributed by atoms with Crippen LogP contribution in [0.25, 0.3) is 11.3 Å². The van der Waals surface area contributed by atoms with Crippen LogP contribution in [-0.2, 0) is 4.74 Å². The molecule has 6 nitrogen and oxygen atoms in total. The van der Waals surface area contributed by atoms with Crippen molar-refractivity contribution in [3.8, 4) is 17.0 Å². The van der Waals surface area contributed by atoms with Gasteiger partial charge in [0.2, 0.25) is 0 Å². The summed E-state index contributed by atoms with van der Waals surface area (Å²) in [6, 6.07) is 9.11. The van der Waals surface area contributed by atoms with Crippen molar-refractivity contribution >= 4 is 5.82 Å².